The van der Waals surface area contributed by atoms with E-state index in [1.807, 2.05) is 26.0 Å². The minimum absolute atomic E-state index is 0.476. The van der Waals surface area contributed by atoms with Crippen LogP contribution in [0.5, 0.6) is 0 Å². The van der Waals surface area contributed by atoms with Crippen molar-refractivity contribution in [1.82, 2.24) is 0 Å². The van der Waals surface area contributed by atoms with Crippen LogP contribution < -0.4 is 4.67 Å². The molecule has 100 valence electrons. The van der Waals surface area contributed by atoms with Gasteiger partial charge in [-0.15, -0.1) is 0 Å². The van der Waals surface area contributed by atoms with Gasteiger partial charge in [0.25, 0.3) is 0 Å². The molecule has 2 aromatic rings. The largest absolute Gasteiger partial charge is 0.434 e. The first kappa shape index (κ1) is 13.8. The van der Waals surface area contributed by atoms with Crippen LogP contribution in [-0.4, -0.2) is 9.79 Å². The van der Waals surface area contributed by atoms with Crippen LogP contribution in [0.2, 0.25) is 0 Å². The number of hydrogen-bond donors (Lipinski definition) is 2. The number of rotatable bonds is 3. The summed E-state index contributed by atoms with van der Waals surface area (Å²) < 4.78 is 12.9. The quantitative estimate of drug-likeness (QED) is 0.842. The van der Waals surface area contributed by atoms with Gasteiger partial charge in [0.15, 0.2) is 0 Å². The molecule has 0 unspecified atom stereocenters. The highest BCUT2D eigenvalue weighted by Gasteiger charge is 2.28. The van der Waals surface area contributed by atoms with E-state index in [0.29, 0.717) is 11.4 Å². The number of aryl methyl sites for hydroxylation is 1. The Balaban J connectivity index is 2.64. The predicted molar refractivity (Wildman–Crippen MR) is 76.5 cm³/mol. The van der Waals surface area contributed by atoms with Crippen molar-refractivity contribution in [2.24, 2.45) is 0 Å². The third-order valence-electron chi connectivity index (χ3n) is 3.07. The number of hydrogen-bond acceptors (Lipinski definition) is 1. The maximum absolute atomic E-state index is 11.8. The molecule has 0 atom stereocenters. The molecule has 2 N–H and O–H groups in total. The van der Waals surface area contributed by atoms with E-state index in [-0.39, 0.29) is 0 Å². The maximum atomic E-state index is 11.8. The average Bonchev–Trinajstić information content (AvgIpc) is 2.35. The molecule has 2 aromatic carbocycles. The third kappa shape index (κ3) is 2.87. The first-order chi connectivity index (χ1) is 8.91. The Hall–Kier alpha value is -1.61. The summed E-state index contributed by atoms with van der Waals surface area (Å²) in [5.41, 5.74) is 2.85. The van der Waals surface area contributed by atoms with Crippen molar-refractivity contribution in [1.29, 1.82) is 0 Å². The molecule has 0 aromatic heterocycles. The normalized spacial score (nSPS) is 11.4. The Morgan fingerprint density at radius 1 is 0.947 bits per heavy atom. The SMILES string of the molecule is Cc1cccc(N(c2ccccc2)P(=O)(O)O)c1C. The second-order valence-corrected chi connectivity index (χ2v) is 5.81. The lowest BCUT2D eigenvalue weighted by Gasteiger charge is -2.27. The average molecular weight is 277 g/mol. The van der Waals surface area contributed by atoms with Gasteiger partial charge >= 0.3 is 7.75 Å². The van der Waals surface area contributed by atoms with Gasteiger partial charge in [-0.25, -0.2) is 9.24 Å². The predicted octanol–water partition coefficient (Wildman–Crippen LogP) is 3.53. The van der Waals surface area contributed by atoms with Gasteiger partial charge in [-0.05, 0) is 43.2 Å². The van der Waals surface area contributed by atoms with Crippen LogP contribution >= 0.6 is 7.75 Å². The summed E-state index contributed by atoms with van der Waals surface area (Å²) in [5, 5.41) is 0. The second-order valence-electron chi connectivity index (χ2n) is 4.38. The van der Waals surface area contributed by atoms with E-state index >= 15 is 0 Å². The van der Waals surface area contributed by atoms with Crippen molar-refractivity contribution in [3.8, 4) is 0 Å². The topological polar surface area (TPSA) is 60.8 Å². The Labute approximate surface area is 112 Å². The zero-order valence-corrected chi connectivity index (χ0v) is 11.7. The van der Waals surface area contributed by atoms with E-state index in [2.05, 4.69) is 0 Å². The van der Waals surface area contributed by atoms with E-state index in [4.69, 9.17) is 0 Å². The summed E-state index contributed by atoms with van der Waals surface area (Å²) in [5.74, 6) is 0. The smallest absolute Gasteiger partial charge is 0.308 e. The van der Waals surface area contributed by atoms with Gasteiger partial charge in [-0.2, -0.15) is 0 Å². The van der Waals surface area contributed by atoms with Crippen LogP contribution in [0.1, 0.15) is 11.1 Å². The molecule has 0 saturated carbocycles. The highest BCUT2D eigenvalue weighted by atomic mass is 31.2. The van der Waals surface area contributed by atoms with E-state index in [9.17, 15) is 14.4 Å². The number of para-hydroxylation sites is 1. The van der Waals surface area contributed by atoms with E-state index < -0.39 is 7.75 Å². The minimum Gasteiger partial charge on any atom is -0.308 e. The van der Waals surface area contributed by atoms with Gasteiger partial charge in [0, 0.05) is 0 Å². The highest BCUT2D eigenvalue weighted by molar-refractivity contribution is 7.54. The molecular formula is C14H16NO3P. The molecule has 0 fully saturated rings. The van der Waals surface area contributed by atoms with Crippen molar-refractivity contribution in [3.05, 3.63) is 59.7 Å². The molecule has 5 heteroatoms. The molecular weight excluding hydrogens is 261 g/mol. The molecule has 0 aliphatic rings. The summed E-state index contributed by atoms with van der Waals surface area (Å²) >= 11 is 0. The molecule has 0 bridgehead atoms. The minimum atomic E-state index is -4.43. The molecule has 0 amide bonds. The van der Waals surface area contributed by atoms with Crippen LogP contribution in [0.4, 0.5) is 11.4 Å². The molecule has 0 aliphatic carbocycles. The van der Waals surface area contributed by atoms with Crippen molar-refractivity contribution >= 4 is 19.1 Å². The molecule has 0 heterocycles. The second kappa shape index (κ2) is 5.17. The van der Waals surface area contributed by atoms with Gasteiger partial charge in [0.1, 0.15) is 0 Å². The molecule has 19 heavy (non-hydrogen) atoms. The van der Waals surface area contributed by atoms with Crippen LogP contribution in [0.3, 0.4) is 0 Å². The van der Waals surface area contributed by atoms with Crippen molar-refractivity contribution in [2.45, 2.75) is 13.8 Å². The molecule has 0 saturated heterocycles. The lowest BCUT2D eigenvalue weighted by Crippen LogP contribution is -2.14. The molecule has 0 aliphatic heterocycles. The Bertz CT molecular complexity index is 622. The third-order valence-corrected chi connectivity index (χ3v) is 4.03. The van der Waals surface area contributed by atoms with Gasteiger partial charge in [0.2, 0.25) is 0 Å². The zero-order valence-electron chi connectivity index (χ0n) is 10.8. The van der Waals surface area contributed by atoms with Crippen molar-refractivity contribution in [2.75, 3.05) is 4.67 Å². The number of benzene rings is 2. The van der Waals surface area contributed by atoms with E-state index in [0.717, 1.165) is 15.8 Å². The summed E-state index contributed by atoms with van der Waals surface area (Å²) in [6.07, 6.45) is 0. The lowest BCUT2D eigenvalue weighted by molar-refractivity contribution is 0.373. The lowest BCUT2D eigenvalue weighted by atomic mass is 10.1. The van der Waals surface area contributed by atoms with Gasteiger partial charge < -0.3 is 9.79 Å². The van der Waals surface area contributed by atoms with Crippen molar-refractivity contribution < 1.29 is 14.4 Å². The van der Waals surface area contributed by atoms with Crippen LogP contribution in [0.15, 0.2) is 48.5 Å². The standard InChI is InChI=1S/C14H16NO3P/c1-11-7-6-10-14(12(11)2)15(19(16,17)18)13-8-4-3-5-9-13/h3-10H,1-2H3,(H2,16,17,18). The molecule has 2 rings (SSSR count). The van der Waals surface area contributed by atoms with E-state index in [1.54, 1.807) is 36.4 Å². The Morgan fingerprint density at radius 3 is 2.16 bits per heavy atom. The zero-order chi connectivity index (χ0) is 14.0. The fraction of sp³-hybridized carbons (Fsp3) is 0.143. The molecule has 4 nitrogen and oxygen atoms in total. The maximum Gasteiger partial charge on any atom is 0.434 e. The van der Waals surface area contributed by atoms with Crippen LogP contribution in [0.25, 0.3) is 0 Å². The van der Waals surface area contributed by atoms with Crippen LogP contribution in [0, 0.1) is 13.8 Å². The fourth-order valence-corrected chi connectivity index (χ4v) is 2.90. The monoisotopic (exact) mass is 277 g/mol. The summed E-state index contributed by atoms with van der Waals surface area (Å²) in [6.45, 7) is 3.78. The summed E-state index contributed by atoms with van der Waals surface area (Å²) in [7, 11) is -4.43. The van der Waals surface area contributed by atoms with Gasteiger partial charge in [-0.3, -0.25) is 0 Å². The van der Waals surface area contributed by atoms with Gasteiger partial charge in [0.05, 0.1) is 11.4 Å². The van der Waals surface area contributed by atoms with E-state index in [1.165, 1.54) is 0 Å². The first-order valence-electron chi connectivity index (χ1n) is 5.88. The Kier molecular flexibility index (Phi) is 3.76. The fourth-order valence-electron chi connectivity index (χ4n) is 1.96. The number of nitrogens with zero attached hydrogens (tertiary/aromatic N) is 1. The Morgan fingerprint density at radius 2 is 1.58 bits per heavy atom. The first-order valence-corrected chi connectivity index (χ1v) is 7.45. The summed E-state index contributed by atoms with van der Waals surface area (Å²) in [6, 6.07) is 14.1. The highest BCUT2D eigenvalue weighted by Crippen LogP contribution is 2.50. The molecule has 0 spiro atoms. The van der Waals surface area contributed by atoms with Gasteiger partial charge in [-0.1, -0.05) is 30.3 Å². The van der Waals surface area contributed by atoms with Crippen LogP contribution in [-0.2, 0) is 4.57 Å². The number of anilines is 2. The molecule has 0 radical (unpaired) electrons. The van der Waals surface area contributed by atoms with Crippen molar-refractivity contribution in [3.63, 3.8) is 0 Å². The summed E-state index contributed by atoms with van der Waals surface area (Å²) in [4.78, 5) is 19.3.